The summed E-state index contributed by atoms with van der Waals surface area (Å²) in [4.78, 5) is 11.5. The van der Waals surface area contributed by atoms with Crippen LogP contribution in [0.2, 0.25) is 0 Å². The summed E-state index contributed by atoms with van der Waals surface area (Å²) in [5, 5.41) is 0. The van der Waals surface area contributed by atoms with Crippen LogP contribution in [0.1, 0.15) is 57.5 Å². The molecule has 0 spiro atoms. The van der Waals surface area contributed by atoms with Crippen LogP contribution < -0.4 is 10.6 Å². The lowest BCUT2D eigenvalue weighted by Gasteiger charge is -2.21. The third-order valence-corrected chi connectivity index (χ3v) is 3.90. The molecule has 2 N–H and O–H groups in total. The summed E-state index contributed by atoms with van der Waals surface area (Å²) in [6, 6.07) is 0. The van der Waals surface area contributed by atoms with E-state index in [0.717, 1.165) is 36.2 Å². The lowest BCUT2D eigenvalue weighted by molar-refractivity contribution is 0.529. The van der Waals surface area contributed by atoms with Gasteiger partial charge in [0.25, 0.3) is 0 Å². The smallest absolute Gasteiger partial charge is 0.131 e. The first kappa shape index (κ1) is 14.3. The molecule has 106 valence electrons. The first-order chi connectivity index (χ1) is 9.15. The van der Waals surface area contributed by atoms with Crippen LogP contribution in [0.25, 0.3) is 0 Å². The highest BCUT2D eigenvalue weighted by atomic mass is 15.2. The molecule has 2 heterocycles. The topological polar surface area (TPSA) is 55.0 Å². The summed E-state index contributed by atoms with van der Waals surface area (Å²) in [7, 11) is 0. The van der Waals surface area contributed by atoms with Gasteiger partial charge in [-0.2, -0.15) is 0 Å². The van der Waals surface area contributed by atoms with Gasteiger partial charge < -0.3 is 10.6 Å². The third kappa shape index (κ3) is 3.24. The Morgan fingerprint density at radius 2 is 2.26 bits per heavy atom. The van der Waals surface area contributed by atoms with Crippen LogP contribution in [0.5, 0.6) is 0 Å². The van der Waals surface area contributed by atoms with E-state index in [4.69, 9.17) is 5.73 Å². The maximum absolute atomic E-state index is 5.86. The Bertz CT molecular complexity index is 417. The lowest BCUT2D eigenvalue weighted by atomic mass is 10.0. The zero-order valence-corrected chi connectivity index (χ0v) is 12.4. The normalized spacial score (nSPS) is 19.4. The SMILES string of the molecule is CCCC1CCN(c2cnc(C(C)C)nc2CN)C1. The van der Waals surface area contributed by atoms with Crippen molar-refractivity contribution in [3.63, 3.8) is 0 Å². The second kappa shape index (κ2) is 6.33. The van der Waals surface area contributed by atoms with Crippen molar-refractivity contribution in [1.29, 1.82) is 0 Å². The number of hydrogen-bond donors (Lipinski definition) is 1. The molecule has 0 bridgehead atoms. The van der Waals surface area contributed by atoms with Gasteiger partial charge in [-0.1, -0.05) is 27.2 Å². The zero-order chi connectivity index (χ0) is 13.8. The van der Waals surface area contributed by atoms with Crippen molar-refractivity contribution in [2.75, 3.05) is 18.0 Å². The van der Waals surface area contributed by atoms with Crippen molar-refractivity contribution in [3.05, 3.63) is 17.7 Å². The number of hydrogen-bond acceptors (Lipinski definition) is 4. The van der Waals surface area contributed by atoms with Crippen molar-refractivity contribution in [2.45, 2.75) is 52.5 Å². The highest BCUT2D eigenvalue weighted by Gasteiger charge is 2.24. The number of rotatable bonds is 5. The van der Waals surface area contributed by atoms with Crippen molar-refractivity contribution in [3.8, 4) is 0 Å². The number of anilines is 1. The van der Waals surface area contributed by atoms with E-state index < -0.39 is 0 Å². The van der Waals surface area contributed by atoms with Crippen LogP contribution in [0, 0.1) is 5.92 Å². The van der Waals surface area contributed by atoms with Crippen LogP contribution in [-0.4, -0.2) is 23.1 Å². The Morgan fingerprint density at radius 3 is 2.89 bits per heavy atom. The van der Waals surface area contributed by atoms with Gasteiger partial charge in [0, 0.05) is 25.6 Å². The van der Waals surface area contributed by atoms with Crippen LogP contribution >= 0.6 is 0 Å². The summed E-state index contributed by atoms with van der Waals surface area (Å²) in [6.07, 6.45) is 5.84. The van der Waals surface area contributed by atoms with E-state index in [1.54, 1.807) is 0 Å². The van der Waals surface area contributed by atoms with E-state index in [-0.39, 0.29) is 0 Å². The Kier molecular flexibility index (Phi) is 4.75. The van der Waals surface area contributed by atoms with Crippen molar-refractivity contribution >= 4 is 5.69 Å². The van der Waals surface area contributed by atoms with Gasteiger partial charge in [0.2, 0.25) is 0 Å². The van der Waals surface area contributed by atoms with Gasteiger partial charge in [-0.3, -0.25) is 0 Å². The highest BCUT2D eigenvalue weighted by Crippen LogP contribution is 2.28. The molecule has 1 saturated heterocycles. The van der Waals surface area contributed by atoms with Crippen LogP contribution in [0.15, 0.2) is 6.20 Å². The third-order valence-electron chi connectivity index (χ3n) is 3.90. The molecule has 0 radical (unpaired) electrons. The molecule has 0 amide bonds. The molecule has 0 aromatic carbocycles. The van der Waals surface area contributed by atoms with E-state index >= 15 is 0 Å². The van der Waals surface area contributed by atoms with Gasteiger partial charge in [0.05, 0.1) is 17.6 Å². The first-order valence-electron chi connectivity index (χ1n) is 7.46. The Labute approximate surface area is 116 Å². The molecule has 1 unspecified atom stereocenters. The van der Waals surface area contributed by atoms with E-state index in [1.807, 2.05) is 6.20 Å². The van der Waals surface area contributed by atoms with Crippen LogP contribution in [0.4, 0.5) is 5.69 Å². The van der Waals surface area contributed by atoms with E-state index in [9.17, 15) is 0 Å². The second-order valence-electron chi connectivity index (χ2n) is 5.81. The summed E-state index contributed by atoms with van der Waals surface area (Å²) < 4.78 is 0. The number of nitrogens with two attached hydrogens (primary N) is 1. The summed E-state index contributed by atoms with van der Waals surface area (Å²) in [5.41, 5.74) is 8.00. The first-order valence-corrected chi connectivity index (χ1v) is 7.46. The van der Waals surface area contributed by atoms with Gasteiger partial charge in [-0.05, 0) is 18.8 Å². The van der Waals surface area contributed by atoms with Gasteiger partial charge >= 0.3 is 0 Å². The number of aromatic nitrogens is 2. The molecular weight excluding hydrogens is 236 g/mol. The van der Waals surface area contributed by atoms with Crippen LogP contribution in [-0.2, 0) is 6.54 Å². The molecule has 1 aromatic rings. The zero-order valence-electron chi connectivity index (χ0n) is 12.4. The van der Waals surface area contributed by atoms with Crippen molar-refractivity contribution in [2.24, 2.45) is 11.7 Å². The molecule has 19 heavy (non-hydrogen) atoms. The number of nitrogens with zero attached hydrogens (tertiary/aromatic N) is 3. The average Bonchev–Trinajstić information content (AvgIpc) is 2.86. The molecule has 4 heteroatoms. The largest absolute Gasteiger partial charge is 0.368 e. The molecule has 1 atom stereocenters. The molecule has 1 fully saturated rings. The maximum Gasteiger partial charge on any atom is 0.131 e. The molecule has 1 aliphatic rings. The summed E-state index contributed by atoms with van der Waals surface area (Å²) in [5.74, 6) is 2.07. The van der Waals surface area contributed by atoms with Crippen LogP contribution in [0.3, 0.4) is 0 Å². The molecular formula is C15H26N4. The monoisotopic (exact) mass is 262 g/mol. The molecule has 4 nitrogen and oxygen atoms in total. The summed E-state index contributed by atoms with van der Waals surface area (Å²) >= 11 is 0. The van der Waals surface area contributed by atoms with Crippen molar-refractivity contribution in [1.82, 2.24) is 9.97 Å². The van der Waals surface area contributed by atoms with E-state index in [0.29, 0.717) is 12.5 Å². The molecule has 0 aliphatic carbocycles. The fourth-order valence-electron chi connectivity index (χ4n) is 2.81. The minimum absolute atomic E-state index is 0.353. The summed E-state index contributed by atoms with van der Waals surface area (Å²) in [6.45, 7) is 9.22. The molecule has 2 rings (SSSR count). The van der Waals surface area contributed by atoms with Gasteiger partial charge in [0.1, 0.15) is 5.82 Å². The second-order valence-corrected chi connectivity index (χ2v) is 5.81. The Balaban J connectivity index is 2.16. The molecule has 1 aliphatic heterocycles. The van der Waals surface area contributed by atoms with Crippen molar-refractivity contribution < 1.29 is 0 Å². The predicted molar refractivity (Wildman–Crippen MR) is 79.2 cm³/mol. The molecule has 1 aromatic heterocycles. The van der Waals surface area contributed by atoms with Gasteiger partial charge in [-0.25, -0.2) is 9.97 Å². The Morgan fingerprint density at radius 1 is 1.47 bits per heavy atom. The fourth-order valence-corrected chi connectivity index (χ4v) is 2.81. The maximum atomic E-state index is 5.86. The fraction of sp³-hybridized carbons (Fsp3) is 0.733. The van der Waals surface area contributed by atoms with Gasteiger partial charge in [0.15, 0.2) is 0 Å². The Hall–Kier alpha value is -1.16. The minimum atomic E-state index is 0.353. The van der Waals surface area contributed by atoms with E-state index in [1.165, 1.54) is 19.3 Å². The standard InChI is InChI=1S/C15H26N4/c1-4-5-12-6-7-19(10-12)14-9-17-15(11(2)3)18-13(14)8-16/h9,11-12H,4-8,10,16H2,1-3H3. The molecule has 0 saturated carbocycles. The highest BCUT2D eigenvalue weighted by molar-refractivity contribution is 5.50. The van der Waals surface area contributed by atoms with Gasteiger partial charge in [-0.15, -0.1) is 0 Å². The van der Waals surface area contributed by atoms with E-state index in [2.05, 4.69) is 35.6 Å². The predicted octanol–water partition coefficient (Wildman–Crippen LogP) is 2.69. The average molecular weight is 262 g/mol. The lowest BCUT2D eigenvalue weighted by Crippen LogP contribution is -2.23. The quantitative estimate of drug-likeness (QED) is 0.886. The minimum Gasteiger partial charge on any atom is -0.368 e.